The molecular weight excluding hydrogens is 315 g/mol. The van der Waals surface area contributed by atoms with Crippen LogP contribution in [0, 0.1) is 0 Å². The van der Waals surface area contributed by atoms with Crippen LogP contribution >= 0.6 is 24.8 Å². The SMILES string of the molecule is Cl.Cl.O=C(CNC(=O)c1ccccn1)NC1CCCNC1. The fraction of sp³-hybridized carbons (Fsp3) is 0.462. The summed E-state index contributed by atoms with van der Waals surface area (Å²) in [5, 5.41) is 8.66. The molecule has 1 aromatic rings. The van der Waals surface area contributed by atoms with Crippen LogP contribution in [0.25, 0.3) is 0 Å². The Morgan fingerprint density at radius 2 is 2.14 bits per heavy atom. The number of pyridine rings is 1. The number of hydrogen-bond acceptors (Lipinski definition) is 4. The van der Waals surface area contributed by atoms with Gasteiger partial charge in [-0.15, -0.1) is 24.8 Å². The maximum atomic E-state index is 11.7. The molecule has 6 nitrogen and oxygen atoms in total. The molecule has 0 saturated carbocycles. The molecule has 1 atom stereocenters. The van der Waals surface area contributed by atoms with Crippen molar-refractivity contribution in [2.75, 3.05) is 19.6 Å². The summed E-state index contributed by atoms with van der Waals surface area (Å²) in [4.78, 5) is 27.3. The topological polar surface area (TPSA) is 83.1 Å². The Labute approximate surface area is 136 Å². The van der Waals surface area contributed by atoms with Crippen LogP contribution in [0.1, 0.15) is 23.3 Å². The first kappa shape index (κ1) is 19.6. The molecule has 2 amide bonds. The van der Waals surface area contributed by atoms with E-state index in [1.807, 2.05) is 0 Å². The van der Waals surface area contributed by atoms with Gasteiger partial charge in [0.2, 0.25) is 5.91 Å². The third-order valence-corrected chi connectivity index (χ3v) is 2.97. The monoisotopic (exact) mass is 334 g/mol. The quantitative estimate of drug-likeness (QED) is 0.749. The average molecular weight is 335 g/mol. The largest absolute Gasteiger partial charge is 0.351 e. The fourth-order valence-corrected chi connectivity index (χ4v) is 2.00. The Morgan fingerprint density at radius 1 is 1.33 bits per heavy atom. The van der Waals surface area contributed by atoms with Crippen LogP contribution in [-0.2, 0) is 4.79 Å². The van der Waals surface area contributed by atoms with E-state index in [1.54, 1.807) is 24.4 Å². The number of aromatic nitrogens is 1. The highest BCUT2D eigenvalue weighted by Gasteiger charge is 2.15. The van der Waals surface area contributed by atoms with Crippen LogP contribution in [0.3, 0.4) is 0 Å². The van der Waals surface area contributed by atoms with Gasteiger partial charge in [-0.2, -0.15) is 0 Å². The standard InChI is InChI=1S/C13H18N4O2.2ClH/c18-12(17-10-4-3-6-14-8-10)9-16-13(19)11-5-1-2-7-15-11;;/h1-2,5,7,10,14H,3-4,6,8-9H2,(H,16,19)(H,17,18);2*1H. The van der Waals surface area contributed by atoms with Gasteiger partial charge in [0.1, 0.15) is 5.69 Å². The number of rotatable bonds is 4. The van der Waals surface area contributed by atoms with E-state index in [0.29, 0.717) is 5.69 Å². The summed E-state index contributed by atoms with van der Waals surface area (Å²) < 4.78 is 0. The molecule has 8 heteroatoms. The lowest BCUT2D eigenvalue weighted by molar-refractivity contribution is -0.120. The molecule has 1 saturated heterocycles. The van der Waals surface area contributed by atoms with Crippen molar-refractivity contribution >= 4 is 36.6 Å². The van der Waals surface area contributed by atoms with Crippen molar-refractivity contribution < 1.29 is 9.59 Å². The molecule has 0 aliphatic carbocycles. The van der Waals surface area contributed by atoms with Crippen molar-refractivity contribution in [1.82, 2.24) is 20.9 Å². The summed E-state index contributed by atoms with van der Waals surface area (Å²) >= 11 is 0. The predicted octanol–water partition coefficient (Wildman–Crippen LogP) is 0.523. The smallest absolute Gasteiger partial charge is 0.270 e. The number of carbonyl (C=O) groups excluding carboxylic acids is 2. The molecule has 1 aliphatic heterocycles. The zero-order valence-electron chi connectivity index (χ0n) is 11.5. The fourth-order valence-electron chi connectivity index (χ4n) is 2.00. The minimum atomic E-state index is -0.336. The van der Waals surface area contributed by atoms with E-state index < -0.39 is 0 Å². The van der Waals surface area contributed by atoms with Crippen molar-refractivity contribution in [1.29, 1.82) is 0 Å². The van der Waals surface area contributed by atoms with E-state index in [4.69, 9.17) is 0 Å². The van der Waals surface area contributed by atoms with Gasteiger partial charge < -0.3 is 16.0 Å². The van der Waals surface area contributed by atoms with Gasteiger partial charge in [-0.25, -0.2) is 0 Å². The third kappa shape index (κ3) is 6.75. The summed E-state index contributed by atoms with van der Waals surface area (Å²) in [5.74, 6) is -0.504. The molecule has 1 fully saturated rings. The molecule has 3 N–H and O–H groups in total. The Kier molecular flexibility index (Phi) is 9.69. The summed E-state index contributed by atoms with van der Waals surface area (Å²) in [6, 6.07) is 5.24. The van der Waals surface area contributed by atoms with Crippen LogP contribution in [0.5, 0.6) is 0 Å². The molecule has 0 aromatic carbocycles. The minimum absolute atomic E-state index is 0. The van der Waals surface area contributed by atoms with Crippen LogP contribution in [0.15, 0.2) is 24.4 Å². The average Bonchev–Trinajstić information content (AvgIpc) is 2.47. The second-order valence-electron chi connectivity index (χ2n) is 4.51. The molecule has 0 spiro atoms. The molecular formula is C13H20Cl2N4O2. The van der Waals surface area contributed by atoms with E-state index >= 15 is 0 Å². The van der Waals surface area contributed by atoms with E-state index in [0.717, 1.165) is 25.9 Å². The lowest BCUT2D eigenvalue weighted by Crippen LogP contribution is -2.48. The van der Waals surface area contributed by atoms with Gasteiger partial charge in [-0.1, -0.05) is 6.07 Å². The number of hydrogen-bond donors (Lipinski definition) is 3. The van der Waals surface area contributed by atoms with Gasteiger partial charge in [0, 0.05) is 18.8 Å². The lowest BCUT2D eigenvalue weighted by atomic mass is 10.1. The highest BCUT2D eigenvalue weighted by atomic mass is 35.5. The molecule has 1 aliphatic rings. The Morgan fingerprint density at radius 3 is 2.76 bits per heavy atom. The van der Waals surface area contributed by atoms with Crippen molar-refractivity contribution in [3.8, 4) is 0 Å². The Balaban J connectivity index is 0.00000200. The zero-order chi connectivity index (χ0) is 13.5. The van der Waals surface area contributed by atoms with Gasteiger partial charge in [0.25, 0.3) is 5.91 Å². The van der Waals surface area contributed by atoms with Crippen LogP contribution in [-0.4, -0.2) is 42.5 Å². The van der Waals surface area contributed by atoms with Gasteiger partial charge in [0.05, 0.1) is 6.54 Å². The van der Waals surface area contributed by atoms with Gasteiger partial charge in [0.15, 0.2) is 0 Å². The van der Waals surface area contributed by atoms with E-state index in [1.165, 1.54) is 0 Å². The Bertz CT molecular complexity index is 439. The van der Waals surface area contributed by atoms with Gasteiger partial charge in [-0.3, -0.25) is 14.6 Å². The van der Waals surface area contributed by atoms with Crippen LogP contribution < -0.4 is 16.0 Å². The number of nitrogens with zero attached hydrogens (tertiary/aromatic N) is 1. The van der Waals surface area contributed by atoms with Crippen molar-refractivity contribution in [3.63, 3.8) is 0 Å². The molecule has 21 heavy (non-hydrogen) atoms. The summed E-state index contributed by atoms with van der Waals surface area (Å²) in [6.45, 7) is 1.77. The van der Waals surface area contributed by atoms with Gasteiger partial charge >= 0.3 is 0 Å². The molecule has 0 radical (unpaired) electrons. The van der Waals surface area contributed by atoms with Crippen molar-refractivity contribution in [3.05, 3.63) is 30.1 Å². The van der Waals surface area contributed by atoms with Crippen molar-refractivity contribution in [2.45, 2.75) is 18.9 Å². The first-order valence-corrected chi connectivity index (χ1v) is 6.45. The molecule has 0 bridgehead atoms. The molecule has 2 rings (SSSR count). The maximum Gasteiger partial charge on any atom is 0.270 e. The Hall–Kier alpha value is -1.37. The maximum absolute atomic E-state index is 11.7. The first-order chi connectivity index (χ1) is 9.25. The third-order valence-electron chi connectivity index (χ3n) is 2.97. The van der Waals surface area contributed by atoms with Crippen molar-refractivity contribution in [2.24, 2.45) is 0 Å². The number of piperidine rings is 1. The van der Waals surface area contributed by atoms with Gasteiger partial charge in [-0.05, 0) is 31.5 Å². The molecule has 118 valence electrons. The van der Waals surface area contributed by atoms with E-state index in [9.17, 15) is 9.59 Å². The second-order valence-corrected chi connectivity index (χ2v) is 4.51. The van der Waals surface area contributed by atoms with Crippen LogP contribution in [0.4, 0.5) is 0 Å². The number of carbonyl (C=O) groups is 2. The summed E-state index contributed by atoms with van der Waals surface area (Å²) in [5.41, 5.74) is 0.314. The van der Waals surface area contributed by atoms with E-state index in [-0.39, 0.29) is 49.2 Å². The summed E-state index contributed by atoms with van der Waals surface area (Å²) in [7, 11) is 0. The molecule has 1 aromatic heterocycles. The number of halogens is 2. The first-order valence-electron chi connectivity index (χ1n) is 6.45. The summed E-state index contributed by atoms with van der Waals surface area (Å²) in [6.07, 6.45) is 3.58. The van der Waals surface area contributed by atoms with E-state index in [2.05, 4.69) is 20.9 Å². The number of amides is 2. The highest BCUT2D eigenvalue weighted by Crippen LogP contribution is 2.00. The lowest BCUT2D eigenvalue weighted by Gasteiger charge is -2.23. The molecule has 2 heterocycles. The number of nitrogens with one attached hydrogen (secondary N) is 3. The minimum Gasteiger partial charge on any atom is -0.351 e. The predicted molar refractivity (Wildman–Crippen MR) is 85.1 cm³/mol. The highest BCUT2D eigenvalue weighted by molar-refractivity contribution is 5.94. The normalized spacial score (nSPS) is 16.9. The molecule has 1 unspecified atom stereocenters. The zero-order valence-corrected chi connectivity index (χ0v) is 13.1. The second kappa shape index (κ2) is 10.4. The van der Waals surface area contributed by atoms with Crippen LogP contribution in [0.2, 0.25) is 0 Å².